The molecule has 3 saturated heterocycles. The van der Waals surface area contributed by atoms with E-state index in [9.17, 15) is 0 Å². The van der Waals surface area contributed by atoms with Crippen LogP contribution in [0, 0.1) is 17.8 Å². The van der Waals surface area contributed by atoms with Crippen LogP contribution in [0.3, 0.4) is 0 Å². The standard InChI is InChI=1S/C25H47N3/c1-26-15-6-4-10-23(19-26)20-27-16-7-5-9-22(14-18-27)21-28-17-8-12-24-11-2-3-13-25(24)28/h22-25H,2-21H2,1H3. The fourth-order valence-corrected chi connectivity index (χ4v) is 6.99. The van der Waals surface area contributed by atoms with Crippen molar-refractivity contribution in [2.24, 2.45) is 17.8 Å². The molecule has 1 saturated carbocycles. The van der Waals surface area contributed by atoms with Crippen LogP contribution in [0.25, 0.3) is 0 Å². The number of hydrogen-bond donors (Lipinski definition) is 0. The maximum atomic E-state index is 2.96. The van der Waals surface area contributed by atoms with Crippen molar-refractivity contribution in [1.29, 1.82) is 0 Å². The first kappa shape index (κ1) is 21.1. The van der Waals surface area contributed by atoms with Gasteiger partial charge in [0.15, 0.2) is 0 Å². The van der Waals surface area contributed by atoms with Crippen LogP contribution in [0.2, 0.25) is 0 Å². The van der Waals surface area contributed by atoms with Crippen LogP contribution in [0.4, 0.5) is 0 Å². The quantitative estimate of drug-likeness (QED) is 0.679. The molecule has 4 aliphatic rings. The Bertz CT molecular complexity index is 451. The van der Waals surface area contributed by atoms with Crippen LogP contribution >= 0.6 is 0 Å². The van der Waals surface area contributed by atoms with Crippen molar-refractivity contribution in [3.63, 3.8) is 0 Å². The minimum Gasteiger partial charge on any atom is -0.306 e. The van der Waals surface area contributed by atoms with E-state index < -0.39 is 0 Å². The monoisotopic (exact) mass is 389 g/mol. The maximum absolute atomic E-state index is 2.96. The van der Waals surface area contributed by atoms with E-state index >= 15 is 0 Å². The van der Waals surface area contributed by atoms with Crippen LogP contribution in [0.15, 0.2) is 0 Å². The summed E-state index contributed by atoms with van der Waals surface area (Å²) in [7, 11) is 2.33. The number of fused-ring (bicyclic) bond motifs is 1. The first-order chi connectivity index (χ1) is 13.8. The number of hydrogen-bond acceptors (Lipinski definition) is 3. The molecular formula is C25H47N3. The van der Waals surface area contributed by atoms with Gasteiger partial charge in [0.05, 0.1) is 0 Å². The Kier molecular flexibility index (Phi) is 8.13. The Labute approximate surface area is 175 Å². The normalized spacial score (nSPS) is 37.6. The van der Waals surface area contributed by atoms with Gasteiger partial charge in [0.2, 0.25) is 0 Å². The third-order valence-corrected chi connectivity index (χ3v) is 8.53. The van der Waals surface area contributed by atoms with Crippen molar-refractivity contribution in [3.8, 4) is 0 Å². The Hall–Kier alpha value is -0.120. The molecule has 0 bridgehead atoms. The molecule has 3 heteroatoms. The van der Waals surface area contributed by atoms with E-state index in [-0.39, 0.29) is 0 Å². The first-order valence-electron chi connectivity index (χ1n) is 12.9. The van der Waals surface area contributed by atoms with Crippen molar-refractivity contribution >= 4 is 0 Å². The second-order valence-corrected chi connectivity index (χ2v) is 10.8. The molecule has 4 fully saturated rings. The lowest BCUT2D eigenvalue weighted by Crippen LogP contribution is -2.49. The SMILES string of the molecule is CN1CCCCC(CN2CCCCC(CN3CCCC4CCCCC43)CC2)C1. The second-order valence-electron chi connectivity index (χ2n) is 10.8. The molecule has 0 N–H and O–H groups in total. The number of rotatable bonds is 4. The largest absolute Gasteiger partial charge is 0.306 e. The fraction of sp³-hybridized carbons (Fsp3) is 1.00. The maximum Gasteiger partial charge on any atom is 0.0124 e. The van der Waals surface area contributed by atoms with Crippen molar-refractivity contribution in [3.05, 3.63) is 0 Å². The predicted octanol–water partition coefficient (Wildman–Crippen LogP) is 4.87. The minimum absolute atomic E-state index is 0.912. The number of piperidine rings is 1. The molecule has 0 spiro atoms. The van der Waals surface area contributed by atoms with E-state index in [0.29, 0.717) is 0 Å². The second kappa shape index (κ2) is 10.8. The smallest absolute Gasteiger partial charge is 0.0124 e. The molecule has 28 heavy (non-hydrogen) atoms. The summed E-state index contributed by atoms with van der Waals surface area (Å²) in [5.74, 6) is 2.91. The Morgan fingerprint density at radius 1 is 0.607 bits per heavy atom. The molecule has 0 aromatic carbocycles. The average Bonchev–Trinajstić information content (AvgIpc) is 2.90. The highest BCUT2D eigenvalue weighted by Gasteiger charge is 2.34. The lowest BCUT2D eigenvalue weighted by Gasteiger charge is -2.45. The molecule has 0 aromatic heterocycles. The molecule has 0 aromatic rings. The molecule has 0 radical (unpaired) electrons. The van der Waals surface area contributed by atoms with Crippen molar-refractivity contribution < 1.29 is 0 Å². The van der Waals surface area contributed by atoms with Crippen LogP contribution in [0.1, 0.15) is 83.5 Å². The fourth-order valence-electron chi connectivity index (χ4n) is 6.99. The summed E-state index contributed by atoms with van der Waals surface area (Å²) in [6, 6.07) is 0.950. The van der Waals surface area contributed by atoms with Crippen LogP contribution in [-0.2, 0) is 0 Å². The van der Waals surface area contributed by atoms with Gasteiger partial charge in [-0.1, -0.05) is 25.7 Å². The summed E-state index contributed by atoms with van der Waals surface area (Å²) >= 11 is 0. The van der Waals surface area contributed by atoms with E-state index in [1.807, 2.05) is 0 Å². The van der Waals surface area contributed by atoms with E-state index in [1.54, 1.807) is 0 Å². The zero-order valence-electron chi connectivity index (χ0n) is 18.8. The van der Waals surface area contributed by atoms with E-state index in [2.05, 4.69) is 21.7 Å². The van der Waals surface area contributed by atoms with Gasteiger partial charge in [0.1, 0.15) is 0 Å². The summed E-state index contributed by atoms with van der Waals surface area (Å²) in [5, 5.41) is 0. The zero-order valence-corrected chi connectivity index (χ0v) is 18.8. The minimum atomic E-state index is 0.912. The Morgan fingerprint density at radius 3 is 2.29 bits per heavy atom. The number of nitrogens with zero attached hydrogens (tertiary/aromatic N) is 3. The average molecular weight is 390 g/mol. The van der Waals surface area contributed by atoms with Crippen molar-refractivity contribution in [2.45, 2.75) is 89.5 Å². The van der Waals surface area contributed by atoms with Crippen LogP contribution in [-0.4, -0.2) is 73.6 Å². The topological polar surface area (TPSA) is 9.72 Å². The number of likely N-dealkylation sites (tertiary alicyclic amines) is 3. The van der Waals surface area contributed by atoms with E-state index in [0.717, 1.165) is 23.8 Å². The molecule has 3 nitrogen and oxygen atoms in total. The van der Waals surface area contributed by atoms with Gasteiger partial charge < -0.3 is 9.80 Å². The molecule has 0 amide bonds. The zero-order chi connectivity index (χ0) is 19.2. The molecule has 4 rings (SSSR count). The summed E-state index contributed by atoms with van der Waals surface area (Å²) in [4.78, 5) is 8.40. The highest BCUT2D eigenvalue weighted by molar-refractivity contribution is 4.88. The van der Waals surface area contributed by atoms with Gasteiger partial charge in [-0.25, -0.2) is 0 Å². The molecule has 1 aliphatic carbocycles. The lowest BCUT2D eigenvalue weighted by atomic mass is 9.78. The van der Waals surface area contributed by atoms with Gasteiger partial charge >= 0.3 is 0 Å². The van der Waals surface area contributed by atoms with Gasteiger partial charge in [0, 0.05) is 25.7 Å². The molecule has 4 unspecified atom stereocenters. The molecule has 4 atom stereocenters. The lowest BCUT2D eigenvalue weighted by molar-refractivity contribution is 0.0415. The van der Waals surface area contributed by atoms with Crippen LogP contribution < -0.4 is 0 Å². The predicted molar refractivity (Wildman–Crippen MR) is 120 cm³/mol. The Balaban J connectivity index is 1.27. The van der Waals surface area contributed by atoms with Crippen molar-refractivity contribution in [2.75, 3.05) is 52.9 Å². The Morgan fingerprint density at radius 2 is 1.36 bits per heavy atom. The molecular weight excluding hydrogens is 342 g/mol. The van der Waals surface area contributed by atoms with Gasteiger partial charge in [-0.05, 0) is 109 Å². The third-order valence-electron chi connectivity index (χ3n) is 8.53. The molecule has 3 heterocycles. The highest BCUT2D eigenvalue weighted by atomic mass is 15.2. The summed E-state index contributed by atoms with van der Waals surface area (Å²) < 4.78 is 0. The third kappa shape index (κ3) is 5.95. The molecule has 3 aliphatic heterocycles. The van der Waals surface area contributed by atoms with Gasteiger partial charge in [-0.15, -0.1) is 0 Å². The first-order valence-corrected chi connectivity index (χ1v) is 12.9. The van der Waals surface area contributed by atoms with Gasteiger partial charge in [0.25, 0.3) is 0 Å². The molecule has 162 valence electrons. The summed E-state index contributed by atoms with van der Waals surface area (Å²) in [6.45, 7) is 9.56. The van der Waals surface area contributed by atoms with E-state index in [1.165, 1.54) is 129 Å². The van der Waals surface area contributed by atoms with Gasteiger partial charge in [-0.2, -0.15) is 0 Å². The highest BCUT2D eigenvalue weighted by Crippen LogP contribution is 2.36. The summed E-state index contributed by atoms with van der Waals surface area (Å²) in [5.41, 5.74) is 0. The van der Waals surface area contributed by atoms with E-state index in [4.69, 9.17) is 0 Å². The van der Waals surface area contributed by atoms with Gasteiger partial charge in [-0.3, -0.25) is 4.90 Å². The summed E-state index contributed by atoms with van der Waals surface area (Å²) in [6.07, 6.45) is 19.2. The van der Waals surface area contributed by atoms with Crippen molar-refractivity contribution in [1.82, 2.24) is 14.7 Å². The van der Waals surface area contributed by atoms with Crippen LogP contribution in [0.5, 0.6) is 0 Å².